The van der Waals surface area contributed by atoms with Crippen LogP contribution in [0, 0.1) is 16.0 Å². The van der Waals surface area contributed by atoms with Crippen molar-refractivity contribution in [3.05, 3.63) is 141 Å². The van der Waals surface area contributed by atoms with E-state index < -0.39 is 34.1 Å². The highest BCUT2D eigenvalue weighted by Gasteiger charge is 2.70. The molecule has 0 saturated carbocycles. The molecule has 1 amide bonds. The minimum absolute atomic E-state index is 0.156. The Labute approximate surface area is 245 Å². The van der Waals surface area contributed by atoms with E-state index in [2.05, 4.69) is 5.32 Å². The van der Waals surface area contributed by atoms with Gasteiger partial charge in [0.1, 0.15) is 11.5 Å². The number of halogens is 1. The van der Waals surface area contributed by atoms with Crippen LogP contribution in [-0.2, 0) is 10.2 Å². The SMILES string of the molecule is O=C(c1ccc([N+](=O)[O-])cc1)[C@@H]1[C@H](C(=O)c2ccc(Cl)cc2)[C@@]2(C(=O)Nc3ccccc32)[C@H]2C=Cc3ccccc3N12. The zero-order chi connectivity index (χ0) is 29.2. The molecule has 1 spiro atoms. The third-order valence-corrected chi connectivity index (χ3v) is 8.84. The first-order valence-electron chi connectivity index (χ1n) is 13.4. The Morgan fingerprint density at radius 1 is 0.857 bits per heavy atom. The maximum Gasteiger partial charge on any atom is 0.269 e. The van der Waals surface area contributed by atoms with Crippen LogP contribution < -0.4 is 10.2 Å². The number of hydrogen-bond acceptors (Lipinski definition) is 6. The van der Waals surface area contributed by atoms with E-state index in [4.69, 9.17) is 11.6 Å². The van der Waals surface area contributed by atoms with Gasteiger partial charge in [0.2, 0.25) is 5.91 Å². The molecular weight excluding hydrogens is 554 g/mol. The van der Waals surface area contributed by atoms with Crippen LogP contribution in [0.2, 0.25) is 5.02 Å². The lowest BCUT2D eigenvalue weighted by Crippen LogP contribution is -2.51. The molecule has 0 aliphatic carbocycles. The van der Waals surface area contributed by atoms with Crippen molar-refractivity contribution in [2.45, 2.75) is 17.5 Å². The Balaban J connectivity index is 1.51. The monoisotopic (exact) mass is 575 g/mol. The summed E-state index contributed by atoms with van der Waals surface area (Å²) in [6.07, 6.45) is 3.82. The van der Waals surface area contributed by atoms with Crippen LogP contribution in [-0.4, -0.2) is 34.5 Å². The molecule has 9 heteroatoms. The number of carbonyl (C=O) groups excluding carboxylic acids is 3. The summed E-state index contributed by atoms with van der Waals surface area (Å²) in [7, 11) is 0. The number of nitrogens with one attached hydrogen (secondary N) is 1. The number of nitro benzene ring substituents is 1. The van der Waals surface area contributed by atoms with Gasteiger partial charge in [0.05, 0.1) is 16.9 Å². The summed E-state index contributed by atoms with van der Waals surface area (Å²) < 4.78 is 0. The Hall–Kier alpha value is -5.08. The van der Waals surface area contributed by atoms with Gasteiger partial charge in [-0.1, -0.05) is 60.2 Å². The number of fused-ring (bicyclic) bond motifs is 6. The molecule has 206 valence electrons. The average molecular weight is 576 g/mol. The van der Waals surface area contributed by atoms with Crippen LogP contribution in [0.3, 0.4) is 0 Å². The number of nitrogens with zero attached hydrogens (tertiary/aromatic N) is 2. The number of amides is 1. The van der Waals surface area contributed by atoms with Crippen molar-refractivity contribution in [2.24, 2.45) is 5.92 Å². The van der Waals surface area contributed by atoms with Gasteiger partial charge in [0, 0.05) is 39.7 Å². The summed E-state index contributed by atoms with van der Waals surface area (Å²) in [6, 6.07) is 24.8. The Kier molecular flexibility index (Phi) is 5.85. The van der Waals surface area contributed by atoms with E-state index in [0.29, 0.717) is 27.5 Å². The van der Waals surface area contributed by atoms with Crippen LogP contribution in [0.25, 0.3) is 6.08 Å². The van der Waals surface area contributed by atoms with Gasteiger partial charge in [-0.15, -0.1) is 0 Å². The molecule has 0 bridgehead atoms. The van der Waals surface area contributed by atoms with Gasteiger partial charge in [-0.05, 0) is 59.7 Å². The van der Waals surface area contributed by atoms with Crippen LogP contribution >= 0.6 is 11.6 Å². The fraction of sp³-hybridized carbons (Fsp3) is 0.121. The normalized spacial score (nSPS) is 23.2. The fourth-order valence-corrected chi connectivity index (χ4v) is 6.96. The summed E-state index contributed by atoms with van der Waals surface area (Å²) in [5.74, 6) is -2.31. The molecule has 3 aliphatic heterocycles. The van der Waals surface area contributed by atoms with Gasteiger partial charge in [-0.3, -0.25) is 24.5 Å². The minimum atomic E-state index is -1.45. The van der Waals surface area contributed by atoms with Crippen molar-refractivity contribution in [3.63, 3.8) is 0 Å². The van der Waals surface area contributed by atoms with Crippen LogP contribution in [0.5, 0.6) is 0 Å². The molecule has 7 rings (SSSR count). The van der Waals surface area contributed by atoms with Crippen LogP contribution in [0.4, 0.5) is 17.1 Å². The number of anilines is 2. The molecule has 1 fully saturated rings. The number of benzene rings is 4. The molecule has 4 aromatic rings. The van der Waals surface area contributed by atoms with E-state index >= 15 is 0 Å². The largest absolute Gasteiger partial charge is 0.352 e. The number of hydrogen-bond donors (Lipinski definition) is 1. The molecule has 4 atom stereocenters. The van der Waals surface area contributed by atoms with Gasteiger partial charge in [-0.2, -0.15) is 0 Å². The predicted molar refractivity (Wildman–Crippen MR) is 159 cm³/mol. The summed E-state index contributed by atoms with van der Waals surface area (Å²) in [5.41, 5.74) is 1.71. The molecule has 0 aromatic heterocycles. The molecule has 3 aliphatic rings. The Morgan fingerprint density at radius 3 is 2.24 bits per heavy atom. The summed E-state index contributed by atoms with van der Waals surface area (Å²) in [5, 5.41) is 14.8. The van der Waals surface area contributed by atoms with Crippen molar-refractivity contribution < 1.29 is 19.3 Å². The highest BCUT2D eigenvalue weighted by Crippen LogP contribution is 2.58. The fourth-order valence-electron chi connectivity index (χ4n) is 6.83. The topological polar surface area (TPSA) is 110 Å². The molecule has 3 heterocycles. The molecular formula is C33H22ClN3O5. The van der Waals surface area contributed by atoms with Crippen LogP contribution in [0.1, 0.15) is 31.8 Å². The number of rotatable bonds is 5. The van der Waals surface area contributed by atoms with E-state index in [1.54, 1.807) is 30.3 Å². The second kappa shape index (κ2) is 9.49. The van der Waals surface area contributed by atoms with Gasteiger partial charge in [0.15, 0.2) is 11.6 Å². The minimum Gasteiger partial charge on any atom is -0.352 e. The Morgan fingerprint density at radius 2 is 1.50 bits per heavy atom. The standard InChI is InChI=1S/C33H22ClN3O5/c34-22-14-9-20(10-15-22)30(38)28-29(31(39)21-11-16-23(17-12-21)37(41)42)36-26-8-4-1-5-19(26)13-18-27(36)33(28)24-6-2-3-7-25(24)35-32(33)40/h1-18,27-29H,(H,35,40)/t27-,28-,29+,33+/m1/s1. The molecule has 42 heavy (non-hydrogen) atoms. The third-order valence-electron chi connectivity index (χ3n) is 8.58. The molecule has 0 unspecified atom stereocenters. The maximum absolute atomic E-state index is 14.7. The smallest absolute Gasteiger partial charge is 0.269 e. The van der Waals surface area contributed by atoms with Gasteiger partial charge >= 0.3 is 0 Å². The molecule has 0 radical (unpaired) electrons. The number of nitro groups is 1. The van der Waals surface area contributed by atoms with E-state index in [9.17, 15) is 24.5 Å². The van der Waals surface area contributed by atoms with Crippen molar-refractivity contribution in [3.8, 4) is 0 Å². The second-order valence-electron chi connectivity index (χ2n) is 10.6. The number of carbonyl (C=O) groups is 3. The highest BCUT2D eigenvalue weighted by atomic mass is 35.5. The summed E-state index contributed by atoms with van der Waals surface area (Å²) in [6.45, 7) is 0. The number of Topliss-reactive ketones (excluding diaryl/α,β-unsaturated/α-hetero) is 2. The molecule has 1 N–H and O–H groups in total. The lowest BCUT2D eigenvalue weighted by Gasteiger charge is -2.37. The number of para-hydroxylation sites is 2. The lowest BCUT2D eigenvalue weighted by atomic mass is 9.64. The van der Waals surface area contributed by atoms with E-state index in [-0.39, 0.29) is 22.9 Å². The lowest BCUT2D eigenvalue weighted by molar-refractivity contribution is -0.384. The second-order valence-corrected chi connectivity index (χ2v) is 11.0. The first-order valence-corrected chi connectivity index (χ1v) is 13.7. The van der Waals surface area contributed by atoms with Crippen molar-refractivity contribution in [1.82, 2.24) is 0 Å². The van der Waals surface area contributed by atoms with Crippen molar-refractivity contribution in [1.29, 1.82) is 0 Å². The van der Waals surface area contributed by atoms with Gasteiger partial charge in [-0.25, -0.2) is 0 Å². The summed E-state index contributed by atoms with van der Waals surface area (Å²) in [4.78, 5) is 56.3. The van der Waals surface area contributed by atoms with Crippen molar-refractivity contribution in [2.75, 3.05) is 10.2 Å². The number of non-ortho nitro benzene ring substituents is 1. The summed E-state index contributed by atoms with van der Waals surface area (Å²) >= 11 is 6.14. The molecule has 4 aromatic carbocycles. The predicted octanol–water partition coefficient (Wildman–Crippen LogP) is 6.10. The van der Waals surface area contributed by atoms with E-state index in [0.717, 1.165) is 5.56 Å². The zero-order valence-corrected chi connectivity index (χ0v) is 22.7. The number of ketones is 2. The molecule has 8 nitrogen and oxygen atoms in total. The zero-order valence-electron chi connectivity index (χ0n) is 21.9. The maximum atomic E-state index is 14.7. The van der Waals surface area contributed by atoms with Gasteiger partial charge < -0.3 is 10.2 Å². The third kappa shape index (κ3) is 3.58. The van der Waals surface area contributed by atoms with Crippen molar-refractivity contribution >= 4 is 52.2 Å². The quantitative estimate of drug-likeness (QED) is 0.175. The van der Waals surface area contributed by atoms with E-state index in [1.807, 2.05) is 59.5 Å². The first-order chi connectivity index (χ1) is 20.3. The van der Waals surface area contributed by atoms with Crippen LogP contribution in [0.15, 0.2) is 103 Å². The average Bonchev–Trinajstić information content (AvgIpc) is 3.49. The Bertz CT molecular complexity index is 1840. The molecule has 1 saturated heterocycles. The first kappa shape index (κ1) is 25.9. The van der Waals surface area contributed by atoms with Gasteiger partial charge in [0.25, 0.3) is 5.69 Å². The van der Waals surface area contributed by atoms with E-state index in [1.165, 1.54) is 24.3 Å². The highest BCUT2D eigenvalue weighted by molar-refractivity contribution is 6.30.